The van der Waals surface area contributed by atoms with E-state index in [1.165, 1.54) is 0 Å². The Balaban J connectivity index is 2.76. The zero-order chi connectivity index (χ0) is 10.6. The van der Waals surface area contributed by atoms with Crippen LogP contribution in [0.1, 0.15) is 30.6 Å². The first kappa shape index (κ1) is 10.9. The van der Waals surface area contributed by atoms with Crippen LogP contribution in [-0.2, 0) is 0 Å². The molecule has 0 aromatic heterocycles. The Morgan fingerprint density at radius 2 is 1.93 bits per heavy atom. The summed E-state index contributed by atoms with van der Waals surface area (Å²) in [4.78, 5) is 11.7. The van der Waals surface area contributed by atoms with Crippen molar-refractivity contribution in [3.63, 3.8) is 0 Å². The number of carbonyl (C=O) groups excluding carboxylic acids is 1. The largest absolute Gasteiger partial charge is 0.385 e. The van der Waals surface area contributed by atoms with Crippen molar-refractivity contribution >= 4 is 5.78 Å². The van der Waals surface area contributed by atoms with Gasteiger partial charge in [0, 0.05) is 5.56 Å². The minimum Gasteiger partial charge on any atom is -0.385 e. The molecule has 0 aliphatic heterocycles. The van der Waals surface area contributed by atoms with Crippen LogP contribution in [0.25, 0.3) is 0 Å². The fourth-order valence-electron chi connectivity index (χ4n) is 1.25. The molecule has 1 aromatic carbocycles. The number of aliphatic hydroxyl groups excluding tert-OH is 1. The first-order chi connectivity index (χ1) is 6.66. The van der Waals surface area contributed by atoms with E-state index in [1.54, 1.807) is 24.3 Å². The number of benzene rings is 1. The molecule has 2 heteroatoms. The van der Waals surface area contributed by atoms with Gasteiger partial charge in [0.1, 0.15) is 6.10 Å². The van der Waals surface area contributed by atoms with E-state index in [0.717, 1.165) is 6.42 Å². The molecule has 14 heavy (non-hydrogen) atoms. The van der Waals surface area contributed by atoms with Crippen molar-refractivity contribution in [2.75, 3.05) is 0 Å². The van der Waals surface area contributed by atoms with E-state index in [-0.39, 0.29) is 11.7 Å². The van der Waals surface area contributed by atoms with Crippen molar-refractivity contribution in [1.82, 2.24) is 0 Å². The standard InChI is InChI=1S/C12H16O2/c1-3-9(2)11(13)12(14)10-7-5-4-6-8-10/h4-9,11,13H,3H2,1-2H3/t9-,11?/m0/s1. The average molecular weight is 192 g/mol. The van der Waals surface area contributed by atoms with Gasteiger partial charge in [-0.15, -0.1) is 0 Å². The van der Waals surface area contributed by atoms with E-state index in [0.29, 0.717) is 5.56 Å². The minimum atomic E-state index is -0.873. The Kier molecular flexibility index (Phi) is 3.84. The Morgan fingerprint density at radius 3 is 2.43 bits per heavy atom. The molecule has 0 aliphatic rings. The molecular weight excluding hydrogens is 176 g/mol. The molecule has 1 rings (SSSR count). The second-order valence-electron chi connectivity index (χ2n) is 3.56. The first-order valence-electron chi connectivity index (χ1n) is 4.94. The van der Waals surface area contributed by atoms with Crippen LogP contribution in [0.2, 0.25) is 0 Å². The molecule has 1 N–H and O–H groups in total. The zero-order valence-electron chi connectivity index (χ0n) is 8.60. The highest BCUT2D eigenvalue weighted by Crippen LogP contribution is 2.13. The van der Waals surface area contributed by atoms with Gasteiger partial charge < -0.3 is 5.11 Å². The summed E-state index contributed by atoms with van der Waals surface area (Å²) in [7, 11) is 0. The highest BCUT2D eigenvalue weighted by Gasteiger charge is 2.21. The van der Waals surface area contributed by atoms with Crippen LogP contribution in [0.4, 0.5) is 0 Å². The van der Waals surface area contributed by atoms with Gasteiger partial charge in [0.05, 0.1) is 0 Å². The third kappa shape index (κ3) is 2.42. The second-order valence-corrected chi connectivity index (χ2v) is 3.56. The van der Waals surface area contributed by atoms with Crippen LogP contribution in [0.15, 0.2) is 30.3 Å². The van der Waals surface area contributed by atoms with Crippen molar-refractivity contribution in [3.05, 3.63) is 35.9 Å². The predicted octanol–water partition coefficient (Wildman–Crippen LogP) is 2.28. The maximum atomic E-state index is 11.7. The lowest BCUT2D eigenvalue weighted by Crippen LogP contribution is -2.27. The number of rotatable bonds is 4. The van der Waals surface area contributed by atoms with Crippen molar-refractivity contribution < 1.29 is 9.90 Å². The summed E-state index contributed by atoms with van der Waals surface area (Å²) in [5.41, 5.74) is 0.584. The molecule has 0 radical (unpaired) electrons. The average Bonchev–Trinajstić information content (AvgIpc) is 2.27. The van der Waals surface area contributed by atoms with E-state index in [1.807, 2.05) is 19.9 Å². The number of aliphatic hydroxyl groups is 1. The fraction of sp³-hybridized carbons (Fsp3) is 0.417. The van der Waals surface area contributed by atoms with Gasteiger partial charge in [0.25, 0.3) is 0 Å². The van der Waals surface area contributed by atoms with Crippen LogP contribution in [0, 0.1) is 5.92 Å². The third-order valence-corrected chi connectivity index (χ3v) is 2.51. The molecule has 0 heterocycles. The maximum absolute atomic E-state index is 11.7. The van der Waals surface area contributed by atoms with Crippen molar-refractivity contribution in [2.24, 2.45) is 5.92 Å². The molecule has 0 bridgehead atoms. The first-order valence-corrected chi connectivity index (χ1v) is 4.94. The summed E-state index contributed by atoms with van der Waals surface area (Å²) in [6, 6.07) is 8.92. The van der Waals surface area contributed by atoms with Gasteiger partial charge in [-0.3, -0.25) is 4.79 Å². The fourth-order valence-corrected chi connectivity index (χ4v) is 1.25. The molecule has 2 atom stereocenters. The summed E-state index contributed by atoms with van der Waals surface area (Å²) in [6.07, 6.45) is -0.0675. The Hall–Kier alpha value is -1.15. The monoisotopic (exact) mass is 192 g/mol. The SMILES string of the molecule is CC[C@H](C)C(O)C(=O)c1ccccc1. The smallest absolute Gasteiger partial charge is 0.191 e. The lowest BCUT2D eigenvalue weighted by Gasteiger charge is -2.15. The normalized spacial score (nSPS) is 14.8. The highest BCUT2D eigenvalue weighted by molar-refractivity contribution is 5.99. The topological polar surface area (TPSA) is 37.3 Å². The Labute approximate surface area is 84.6 Å². The Morgan fingerprint density at radius 1 is 1.36 bits per heavy atom. The number of ketones is 1. The second kappa shape index (κ2) is 4.91. The highest BCUT2D eigenvalue weighted by atomic mass is 16.3. The summed E-state index contributed by atoms with van der Waals surface area (Å²) < 4.78 is 0. The van der Waals surface area contributed by atoms with Crippen LogP contribution in [0.5, 0.6) is 0 Å². The van der Waals surface area contributed by atoms with E-state index < -0.39 is 6.10 Å². The maximum Gasteiger partial charge on any atom is 0.191 e. The van der Waals surface area contributed by atoms with Crippen LogP contribution in [0.3, 0.4) is 0 Å². The van der Waals surface area contributed by atoms with Crippen molar-refractivity contribution in [1.29, 1.82) is 0 Å². The quantitative estimate of drug-likeness (QED) is 0.743. The van der Waals surface area contributed by atoms with Crippen molar-refractivity contribution in [2.45, 2.75) is 26.4 Å². The summed E-state index contributed by atoms with van der Waals surface area (Å²) >= 11 is 0. The van der Waals surface area contributed by atoms with Crippen LogP contribution < -0.4 is 0 Å². The molecule has 0 saturated carbocycles. The molecule has 0 fully saturated rings. The van der Waals surface area contributed by atoms with E-state index in [9.17, 15) is 9.90 Å². The van der Waals surface area contributed by atoms with Crippen molar-refractivity contribution in [3.8, 4) is 0 Å². The van der Waals surface area contributed by atoms with Gasteiger partial charge in [-0.2, -0.15) is 0 Å². The molecule has 76 valence electrons. The lowest BCUT2D eigenvalue weighted by molar-refractivity contribution is 0.0620. The summed E-state index contributed by atoms with van der Waals surface area (Å²) in [5, 5.41) is 9.69. The molecule has 1 unspecified atom stereocenters. The zero-order valence-corrected chi connectivity index (χ0v) is 8.60. The predicted molar refractivity (Wildman–Crippen MR) is 56.2 cm³/mol. The molecular formula is C12H16O2. The number of hydrogen-bond donors (Lipinski definition) is 1. The van der Waals surface area contributed by atoms with Gasteiger partial charge in [-0.25, -0.2) is 0 Å². The number of Topliss-reactive ketones (excluding diaryl/α,β-unsaturated/α-hetero) is 1. The molecule has 1 aromatic rings. The third-order valence-electron chi connectivity index (χ3n) is 2.51. The van der Waals surface area contributed by atoms with Crippen LogP contribution in [-0.4, -0.2) is 17.0 Å². The van der Waals surface area contributed by atoms with Gasteiger partial charge >= 0.3 is 0 Å². The minimum absolute atomic E-state index is 0.0164. The molecule has 0 saturated heterocycles. The Bertz CT molecular complexity index is 292. The van der Waals surface area contributed by atoms with E-state index >= 15 is 0 Å². The number of carbonyl (C=O) groups is 1. The molecule has 0 spiro atoms. The van der Waals surface area contributed by atoms with E-state index in [4.69, 9.17) is 0 Å². The van der Waals surface area contributed by atoms with Gasteiger partial charge in [-0.05, 0) is 5.92 Å². The summed E-state index contributed by atoms with van der Waals surface area (Å²) in [6.45, 7) is 3.84. The number of hydrogen-bond acceptors (Lipinski definition) is 2. The van der Waals surface area contributed by atoms with Gasteiger partial charge in [0.15, 0.2) is 5.78 Å². The van der Waals surface area contributed by atoms with E-state index in [2.05, 4.69) is 0 Å². The van der Waals surface area contributed by atoms with Crippen LogP contribution >= 0.6 is 0 Å². The molecule has 0 aliphatic carbocycles. The van der Waals surface area contributed by atoms with Gasteiger partial charge in [0.2, 0.25) is 0 Å². The lowest BCUT2D eigenvalue weighted by atomic mass is 9.94. The summed E-state index contributed by atoms with van der Waals surface area (Å²) in [5.74, 6) is -0.164. The van der Waals surface area contributed by atoms with Gasteiger partial charge in [-0.1, -0.05) is 50.6 Å². The molecule has 0 amide bonds. The molecule has 2 nitrogen and oxygen atoms in total.